The van der Waals surface area contributed by atoms with E-state index in [1.54, 1.807) is 0 Å². The molecule has 0 heterocycles. The van der Waals surface area contributed by atoms with Crippen LogP contribution in [0.3, 0.4) is 0 Å². The highest BCUT2D eigenvalue weighted by atomic mass is 32.2. The summed E-state index contributed by atoms with van der Waals surface area (Å²) >= 11 is 0. The van der Waals surface area contributed by atoms with E-state index in [1.807, 2.05) is 6.92 Å². The Labute approximate surface area is 60.6 Å². The Balaban J connectivity index is 3.49. The highest BCUT2D eigenvalue weighted by Gasteiger charge is 2.06. The smallest absolute Gasteiger partial charge is 0.284 e. The van der Waals surface area contributed by atoms with Crippen molar-refractivity contribution in [3.8, 4) is 0 Å². The van der Waals surface area contributed by atoms with Gasteiger partial charge in [0.1, 0.15) is 0 Å². The van der Waals surface area contributed by atoms with Crippen LogP contribution in [0.25, 0.3) is 0 Å². The van der Waals surface area contributed by atoms with Crippen LogP contribution < -0.4 is 11.2 Å². The van der Waals surface area contributed by atoms with Crippen LogP contribution in [0.5, 0.6) is 0 Å². The van der Waals surface area contributed by atoms with Crippen LogP contribution in [-0.4, -0.2) is 27.3 Å². The van der Waals surface area contributed by atoms with Crippen molar-refractivity contribution in [2.75, 3.05) is 18.8 Å². The fraction of sp³-hybridized carbons (Fsp3) is 1.00. The van der Waals surface area contributed by atoms with Gasteiger partial charge in [-0.05, 0) is 6.54 Å². The summed E-state index contributed by atoms with van der Waals surface area (Å²) in [4.78, 5) is 0. The molecular weight excluding hydrogens is 156 g/mol. The van der Waals surface area contributed by atoms with Crippen LogP contribution in [0, 0.1) is 0 Å². The van der Waals surface area contributed by atoms with Crippen molar-refractivity contribution in [1.82, 2.24) is 5.32 Å². The standard InChI is InChI=1S/C4H12N2O3S/c1-2-6-3-4-10(7,8)9-5/h6H,2-5H2,1H3. The number of rotatable bonds is 5. The van der Waals surface area contributed by atoms with Gasteiger partial charge in [0, 0.05) is 6.54 Å². The molecule has 0 aliphatic rings. The Morgan fingerprint density at radius 1 is 1.60 bits per heavy atom. The molecule has 0 spiro atoms. The zero-order valence-corrected chi connectivity index (χ0v) is 6.65. The Hall–Kier alpha value is -0.170. The van der Waals surface area contributed by atoms with E-state index < -0.39 is 10.1 Å². The van der Waals surface area contributed by atoms with Crippen LogP contribution in [0.2, 0.25) is 0 Å². The molecule has 10 heavy (non-hydrogen) atoms. The zero-order valence-electron chi connectivity index (χ0n) is 5.83. The van der Waals surface area contributed by atoms with Crippen LogP contribution in [0.4, 0.5) is 0 Å². The summed E-state index contributed by atoms with van der Waals surface area (Å²) in [6, 6.07) is 0. The van der Waals surface area contributed by atoms with Crippen LogP contribution in [0.1, 0.15) is 6.92 Å². The molecule has 0 aromatic carbocycles. The molecular formula is C4H12N2O3S. The third-order valence-electron chi connectivity index (χ3n) is 0.925. The first-order valence-electron chi connectivity index (χ1n) is 2.94. The molecule has 0 bridgehead atoms. The van der Waals surface area contributed by atoms with Gasteiger partial charge in [0.05, 0.1) is 5.75 Å². The lowest BCUT2D eigenvalue weighted by atomic mass is 10.7. The average Bonchev–Trinajstić information content (AvgIpc) is 1.89. The quantitative estimate of drug-likeness (QED) is 0.399. The summed E-state index contributed by atoms with van der Waals surface area (Å²) in [5.41, 5.74) is 0. The zero-order chi connectivity index (χ0) is 8.04. The second-order valence-corrected chi connectivity index (χ2v) is 3.43. The molecule has 0 atom stereocenters. The molecule has 0 rings (SSSR count). The van der Waals surface area contributed by atoms with Gasteiger partial charge in [-0.3, -0.25) is 0 Å². The molecule has 0 radical (unpaired) electrons. The van der Waals surface area contributed by atoms with E-state index in [0.29, 0.717) is 6.54 Å². The van der Waals surface area contributed by atoms with E-state index in [9.17, 15) is 8.42 Å². The summed E-state index contributed by atoms with van der Waals surface area (Å²) < 4.78 is 24.7. The molecule has 0 saturated heterocycles. The predicted molar refractivity (Wildman–Crippen MR) is 37.6 cm³/mol. The van der Waals surface area contributed by atoms with Gasteiger partial charge in [-0.15, -0.1) is 0 Å². The third kappa shape index (κ3) is 4.68. The first-order chi connectivity index (χ1) is 4.62. The molecule has 0 aromatic heterocycles. The van der Waals surface area contributed by atoms with Crippen molar-refractivity contribution in [2.45, 2.75) is 6.92 Å². The Morgan fingerprint density at radius 3 is 2.60 bits per heavy atom. The maximum atomic E-state index is 10.5. The van der Waals surface area contributed by atoms with Crippen molar-refractivity contribution in [1.29, 1.82) is 0 Å². The minimum Gasteiger partial charge on any atom is -0.316 e. The maximum absolute atomic E-state index is 10.5. The minimum atomic E-state index is -3.48. The van der Waals surface area contributed by atoms with Gasteiger partial charge in [-0.2, -0.15) is 18.6 Å². The lowest BCUT2D eigenvalue weighted by Gasteiger charge is -1.99. The SMILES string of the molecule is CCNCCS(=O)(=O)ON. The fourth-order valence-corrected chi connectivity index (χ4v) is 0.913. The molecule has 0 aliphatic heterocycles. The van der Waals surface area contributed by atoms with Crippen LogP contribution >= 0.6 is 0 Å². The van der Waals surface area contributed by atoms with Crippen molar-refractivity contribution in [3.05, 3.63) is 0 Å². The van der Waals surface area contributed by atoms with E-state index in [2.05, 4.69) is 15.5 Å². The maximum Gasteiger partial charge on any atom is 0.284 e. The third-order valence-corrected chi connectivity index (χ3v) is 1.92. The number of nitrogens with one attached hydrogen (secondary N) is 1. The van der Waals surface area contributed by atoms with Crippen molar-refractivity contribution >= 4 is 10.1 Å². The Kier molecular flexibility index (Phi) is 4.54. The lowest BCUT2D eigenvalue weighted by Crippen LogP contribution is -2.25. The van der Waals surface area contributed by atoms with Gasteiger partial charge in [-0.25, -0.2) is 0 Å². The van der Waals surface area contributed by atoms with E-state index in [-0.39, 0.29) is 5.75 Å². The second kappa shape index (κ2) is 4.62. The van der Waals surface area contributed by atoms with Gasteiger partial charge in [-0.1, -0.05) is 6.92 Å². The van der Waals surface area contributed by atoms with Crippen LogP contribution in [-0.2, 0) is 14.4 Å². The summed E-state index contributed by atoms with van der Waals surface area (Å²) in [6.07, 6.45) is 0. The highest BCUT2D eigenvalue weighted by Crippen LogP contribution is 1.84. The number of hydrogen-bond donors (Lipinski definition) is 2. The monoisotopic (exact) mass is 168 g/mol. The van der Waals surface area contributed by atoms with Gasteiger partial charge < -0.3 is 5.32 Å². The lowest BCUT2D eigenvalue weighted by molar-refractivity contribution is 0.332. The molecule has 0 unspecified atom stereocenters. The first-order valence-corrected chi connectivity index (χ1v) is 4.52. The van der Waals surface area contributed by atoms with E-state index in [4.69, 9.17) is 0 Å². The molecule has 0 amide bonds. The summed E-state index contributed by atoms with van der Waals surface area (Å²) in [6.45, 7) is 2.99. The van der Waals surface area contributed by atoms with Gasteiger partial charge in [0.25, 0.3) is 10.1 Å². The summed E-state index contributed by atoms with van der Waals surface area (Å²) in [5.74, 6) is 4.39. The topological polar surface area (TPSA) is 81.4 Å². The average molecular weight is 168 g/mol. The fourth-order valence-electron chi connectivity index (χ4n) is 0.422. The van der Waals surface area contributed by atoms with Gasteiger partial charge in [0.2, 0.25) is 0 Å². The minimum absolute atomic E-state index is 0.0860. The van der Waals surface area contributed by atoms with Crippen molar-refractivity contribution in [3.63, 3.8) is 0 Å². The number of nitrogens with two attached hydrogens (primary N) is 1. The van der Waals surface area contributed by atoms with Gasteiger partial charge >= 0.3 is 0 Å². The second-order valence-electron chi connectivity index (χ2n) is 1.71. The summed E-state index contributed by atoms with van der Waals surface area (Å²) in [7, 11) is -3.48. The highest BCUT2D eigenvalue weighted by molar-refractivity contribution is 7.86. The molecule has 0 saturated carbocycles. The molecule has 62 valence electrons. The summed E-state index contributed by atoms with van der Waals surface area (Å²) in [5, 5.41) is 2.82. The number of hydrogen-bond acceptors (Lipinski definition) is 5. The largest absolute Gasteiger partial charge is 0.316 e. The normalized spacial score (nSPS) is 11.8. The first kappa shape index (κ1) is 9.83. The Morgan fingerprint density at radius 2 is 2.20 bits per heavy atom. The van der Waals surface area contributed by atoms with E-state index in [0.717, 1.165) is 6.54 Å². The van der Waals surface area contributed by atoms with Crippen LogP contribution in [0.15, 0.2) is 0 Å². The molecule has 0 fully saturated rings. The van der Waals surface area contributed by atoms with E-state index >= 15 is 0 Å². The Bertz CT molecular complexity index is 165. The molecule has 5 nitrogen and oxygen atoms in total. The molecule has 0 aromatic rings. The molecule has 6 heteroatoms. The van der Waals surface area contributed by atoms with Gasteiger partial charge in [0.15, 0.2) is 0 Å². The molecule has 3 N–H and O–H groups in total. The predicted octanol–water partition coefficient (Wildman–Crippen LogP) is -1.18. The van der Waals surface area contributed by atoms with E-state index in [1.165, 1.54) is 0 Å². The molecule has 0 aliphatic carbocycles. The van der Waals surface area contributed by atoms with Crippen molar-refractivity contribution in [2.24, 2.45) is 5.90 Å². The van der Waals surface area contributed by atoms with Crippen molar-refractivity contribution < 1.29 is 12.7 Å².